The Balaban J connectivity index is 1.85. The van der Waals surface area contributed by atoms with E-state index in [0.717, 1.165) is 5.56 Å². The first kappa shape index (κ1) is 19.5. The number of fused-ring (bicyclic) bond motifs is 1. The average molecular weight is 391 g/mol. The molecular formula is C20H25NO5S. The molecule has 0 saturated heterocycles. The van der Waals surface area contributed by atoms with Gasteiger partial charge in [0, 0.05) is 6.04 Å². The minimum atomic E-state index is -3.68. The van der Waals surface area contributed by atoms with Crippen LogP contribution in [0.4, 0.5) is 0 Å². The third kappa shape index (κ3) is 4.54. The van der Waals surface area contributed by atoms with Crippen LogP contribution in [0, 0.1) is 5.92 Å². The van der Waals surface area contributed by atoms with Gasteiger partial charge >= 0.3 is 0 Å². The predicted octanol–water partition coefficient (Wildman–Crippen LogP) is 3.53. The zero-order chi connectivity index (χ0) is 19.4. The van der Waals surface area contributed by atoms with E-state index < -0.39 is 16.1 Å². The predicted molar refractivity (Wildman–Crippen MR) is 103 cm³/mol. The lowest BCUT2D eigenvalue weighted by atomic mass is 9.97. The molecule has 146 valence electrons. The minimum absolute atomic E-state index is 0.0463. The Hall–Kier alpha value is -2.25. The van der Waals surface area contributed by atoms with Crippen LogP contribution in [0.5, 0.6) is 17.2 Å². The Morgan fingerprint density at radius 2 is 1.70 bits per heavy atom. The van der Waals surface area contributed by atoms with E-state index in [1.807, 2.05) is 39.0 Å². The first-order chi connectivity index (χ1) is 12.9. The van der Waals surface area contributed by atoms with Crippen molar-refractivity contribution in [3.05, 3.63) is 48.0 Å². The number of rotatable bonds is 7. The summed E-state index contributed by atoms with van der Waals surface area (Å²) in [5.41, 5.74) is 0.837. The number of nitrogens with one attached hydrogen (secondary N) is 1. The second kappa shape index (κ2) is 8.19. The maximum atomic E-state index is 12.9. The summed E-state index contributed by atoms with van der Waals surface area (Å²) in [5.74, 6) is 2.01. The molecule has 0 unspecified atom stereocenters. The molecular weight excluding hydrogens is 366 g/mol. The van der Waals surface area contributed by atoms with Gasteiger partial charge in [0.2, 0.25) is 10.0 Å². The van der Waals surface area contributed by atoms with Crippen molar-refractivity contribution in [2.45, 2.75) is 31.7 Å². The van der Waals surface area contributed by atoms with Crippen LogP contribution in [0.3, 0.4) is 0 Å². The second-order valence-electron chi connectivity index (χ2n) is 6.65. The van der Waals surface area contributed by atoms with Gasteiger partial charge in [0.15, 0.2) is 11.5 Å². The molecule has 2 aromatic carbocycles. The molecule has 3 rings (SSSR count). The Labute approximate surface area is 160 Å². The standard InChI is InChI=1S/C20H25NO5S/c1-4-24-16-6-8-17(9-7-16)27(22,23)21-20(14(2)3)15-5-10-18-19(13-15)26-12-11-25-18/h5-10,13-14,20-21H,4,11-12H2,1-3H3/t20-/m1/s1. The monoisotopic (exact) mass is 391 g/mol. The van der Waals surface area contributed by atoms with Gasteiger partial charge in [-0.25, -0.2) is 13.1 Å². The van der Waals surface area contributed by atoms with Crippen molar-refractivity contribution in [1.82, 2.24) is 4.72 Å². The van der Waals surface area contributed by atoms with Gasteiger partial charge in [-0.1, -0.05) is 19.9 Å². The van der Waals surface area contributed by atoms with Crippen LogP contribution in [0.1, 0.15) is 32.4 Å². The van der Waals surface area contributed by atoms with Crippen LogP contribution in [0.25, 0.3) is 0 Å². The third-order valence-electron chi connectivity index (χ3n) is 4.32. The Bertz CT molecular complexity index is 878. The molecule has 1 aliphatic rings. The van der Waals surface area contributed by atoms with Crippen molar-refractivity contribution in [2.75, 3.05) is 19.8 Å². The lowest BCUT2D eigenvalue weighted by Crippen LogP contribution is -2.32. The van der Waals surface area contributed by atoms with Crippen molar-refractivity contribution in [1.29, 1.82) is 0 Å². The molecule has 27 heavy (non-hydrogen) atoms. The molecule has 0 radical (unpaired) electrons. The second-order valence-corrected chi connectivity index (χ2v) is 8.36. The van der Waals surface area contributed by atoms with Gasteiger partial charge in [-0.15, -0.1) is 0 Å². The van der Waals surface area contributed by atoms with Crippen molar-refractivity contribution < 1.29 is 22.6 Å². The topological polar surface area (TPSA) is 73.9 Å². The summed E-state index contributed by atoms with van der Waals surface area (Å²) < 4.78 is 45.1. The first-order valence-electron chi connectivity index (χ1n) is 9.05. The zero-order valence-corrected chi connectivity index (χ0v) is 16.6. The minimum Gasteiger partial charge on any atom is -0.494 e. The summed E-state index contributed by atoms with van der Waals surface area (Å²) in [7, 11) is -3.68. The number of ether oxygens (including phenoxy) is 3. The van der Waals surface area contributed by atoms with Gasteiger partial charge in [-0.05, 0) is 54.8 Å². The molecule has 1 N–H and O–H groups in total. The van der Waals surface area contributed by atoms with E-state index in [1.165, 1.54) is 0 Å². The van der Waals surface area contributed by atoms with Crippen LogP contribution < -0.4 is 18.9 Å². The molecule has 0 amide bonds. The van der Waals surface area contributed by atoms with E-state index in [9.17, 15) is 8.42 Å². The van der Waals surface area contributed by atoms with Gasteiger partial charge in [-0.2, -0.15) is 0 Å². The fourth-order valence-corrected chi connectivity index (χ4v) is 4.33. The molecule has 0 saturated carbocycles. The van der Waals surface area contributed by atoms with Gasteiger partial charge in [-0.3, -0.25) is 0 Å². The lowest BCUT2D eigenvalue weighted by molar-refractivity contribution is 0.171. The Kier molecular flexibility index (Phi) is 5.92. The highest BCUT2D eigenvalue weighted by Gasteiger charge is 2.25. The largest absolute Gasteiger partial charge is 0.494 e. The number of hydrogen-bond donors (Lipinski definition) is 1. The van der Waals surface area contributed by atoms with E-state index in [4.69, 9.17) is 14.2 Å². The Morgan fingerprint density at radius 1 is 1.04 bits per heavy atom. The highest BCUT2D eigenvalue weighted by molar-refractivity contribution is 7.89. The summed E-state index contributed by atoms with van der Waals surface area (Å²) in [6.07, 6.45) is 0. The molecule has 7 heteroatoms. The molecule has 2 aromatic rings. The van der Waals surface area contributed by atoms with Crippen molar-refractivity contribution >= 4 is 10.0 Å². The van der Waals surface area contributed by atoms with E-state index in [2.05, 4.69) is 4.72 Å². The number of sulfonamides is 1. The zero-order valence-electron chi connectivity index (χ0n) is 15.8. The quantitative estimate of drug-likeness (QED) is 0.782. The average Bonchev–Trinajstić information content (AvgIpc) is 2.66. The first-order valence-corrected chi connectivity index (χ1v) is 10.5. The summed E-state index contributed by atoms with van der Waals surface area (Å²) in [4.78, 5) is 0.203. The summed E-state index contributed by atoms with van der Waals surface area (Å²) >= 11 is 0. The summed E-state index contributed by atoms with van der Waals surface area (Å²) in [6.45, 7) is 7.37. The van der Waals surface area contributed by atoms with E-state index >= 15 is 0 Å². The van der Waals surface area contributed by atoms with Gasteiger partial charge in [0.25, 0.3) is 0 Å². The SMILES string of the molecule is CCOc1ccc(S(=O)(=O)N[C@@H](c2ccc3c(c2)OCCO3)C(C)C)cc1. The van der Waals surface area contributed by atoms with Crippen molar-refractivity contribution in [3.63, 3.8) is 0 Å². The maximum Gasteiger partial charge on any atom is 0.241 e. The molecule has 6 nitrogen and oxygen atoms in total. The van der Waals surface area contributed by atoms with Crippen molar-refractivity contribution in [3.8, 4) is 17.2 Å². The van der Waals surface area contributed by atoms with E-state index in [0.29, 0.717) is 37.1 Å². The van der Waals surface area contributed by atoms with Crippen LogP contribution in [0.2, 0.25) is 0 Å². The molecule has 1 atom stereocenters. The third-order valence-corrected chi connectivity index (χ3v) is 5.78. The van der Waals surface area contributed by atoms with Crippen LogP contribution in [0.15, 0.2) is 47.4 Å². The lowest BCUT2D eigenvalue weighted by Gasteiger charge is -2.25. The molecule has 0 bridgehead atoms. The summed E-state index contributed by atoms with van der Waals surface area (Å²) in [5, 5.41) is 0. The normalized spacial score (nSPS) is 14.8. The highest BCUT2D eigenvalue weighted by Crippen LogP contribution is 2.35. The van der Waals surface area contributed by atoms with E-state index in [-0.39, 0.29) is 10.8 Å². The molecule has 0 aliphatic carbocycles. The maximum absolute atomic E-state index is 12.9. The number of benzene rings is 2. The molecule has 0 fully saturated rings. The highest BCUT2D eigenvalue weighted by atomic mass is 32.2. The van der Waals surface area contributed by atoms with Gasteiger partial charge in [0.05, 0.1) is 11.5 Å². The number of hydrogen-bond acceptors (Lipinski definition) is 5. The fourth-order valence-electron chi connectivity index (χ4n) is 2.96. The Morgan fingerprint density at radius 3 is 2.33 bits per heavy atom. The molecule has 0 spiro atoms. The summed E-state index contributed by atoms with van der Waals surface area (Å²) in [6, 6.07) is 11.6. The van der Waals surface area contributed by atoms with Crippen LogP contribution in [-0.2, 0) is 10.0 Å². The molecule has 1 aliphatic heterocycles. The van der Waals surface area contributed by atoms with Crippen LogP contribution >= 0.6 is 0 Å². The van der Waals surface area contributed by atoms with Crippen LogP contribution in [-0.4, -0.2) is 28.2 Å². The van der Waals surface area contributed by atoms with E-state index in [1.54, 1.807) is 24.3 Å². The molecule has 1 heterocycles. The van der Waals surface area contributed by atoms with Gasteiger partial charge < -0.3 is 14.2 Å². The van der Waals surface area contributed by atoms with Crippen molar-refractivity contribution in [2.24, 2.45) is 5.92 Å². The van der Waals surface area contributed by atoms with Gasteiger partial charge in [0.1, 0.15) is 19.0 Å². The smallest absolute Gasteiger partial charge is 0.241 e. The molecule has 0 aromatic heterocycles. The fraction of sp³-hybridized carbons (Fsp3) is 0.400.